The highest BCUT2D eigenvalue weighted by molar-refractivity contribution is 8.26. The van der Waals surface area contributed by atoms with E-state index in [4.69, 9.17) is 17.0 Å². The second-order valence-electron chi connectivity index (χ2n) is 8.87. The average molecular weight is 523 g/mol. The summed E-state index contributed by atoms with van der Waals surface area (Å²) in [6.45, 7) is 0. The molecule has 1 aliphatic rings. The van der Waals surface area contributed by atoms with E-state index in [0.29, 0.717) is 15.0 Å². The van der Waals surface area contributed by atoms with Gasteiger partial charge in [-0.25, -0.2) is 0 Å². The van der Waals surface area contributed by atoms with Crippen molar-refractivity contribution in [3.8, 4) is 16.9 Å². The van der Waals surface area contributed by atoms with Gasteiger partial charge in [-0.15, -0.1) is 0 Å². The van der Waals surface area contributed by atoms with Gasteiger partial charge in [0.05, 0.1) is 4.91 Å². The van der Waals surface area contributed by atoms with Crippen molar-refractivity contribution in [3.63, 3.8) is 0 Å². The van der Waals surface area contributed by atoms with E-state index in [1.165, 1.54) is 11.8 Å². The van der Waals surface area contributed by atoms with E-state index in [-0.39, 0.29) is 12.0 Å². The van der Waals surface area contributed by atoms with Gasteiger partial charge in [-0.2, -0.15) is 0 Å². The Morgan fingerprint density at radius 1 is 0.838 bits per heavy atom. The number of amides is 1. The van der Waals surface area contributed by atoms with Crippen molar-refractivity contribution >= 4 is 46.0 Å². The van der Waals surface area contributed by atoms with E-state index in [1.54, 1.807) is 0 Å². The normalized spacial score (nSPS) is 14.2. The summed E-state index contributed by atoms with van der Waals surface area (Å²) in [5, 5.41) is 2.70. The van der Waals surface area contributed by atoms with Crippen molar-refractivity contribution in [2.24, 2.45) is 0 Å². The van der Waals surface area contributed by atoms with Crippen LogP contribution in [-0.2, 0) is 4.79 Å². The molecule has 1 saturated heterocycles. The van der Waals surface area contributed by atoms with Gasteiger partial charge >= 0.3 is 0 Å². The lowest BCUT2D eigenvalue weighted by Crippen LogP contribution is -2.17. The molecule has 184 valence electrons. The van der Waals surface area contributed by atoms with Crippen LogP contribution in [0.25, 0.3) is 17.2 Å². The number of nitrogens with zero attached hydrogens (tertiary/aromatic N) is 1. The van der Waals surface area contributed by atoms with E-state index in [0.717, 1.165) is 33.5 Å². The van der Waals surface area contributed by atoms with Gasteiger partial charge in [0.2, 0.25) is 0 Å². The molecule has 1 N–H and O–H groups in total. The monoisotopic (exact) mass is 522 g/mol. The zero-order chi connectivity index (χ0) is 25.8. The molecule has 4 aromatic carbocycles. The van der Waals surface area contributed by atoms with Crippen molar-refractivity contribution in [2.75, 3.05) is 19.0 Å². The van der Waals surface area contributed by atoms with Gasteiger partial charge in [0, 0.05) is 25.3 Å². The van der Waals surface area contributed by atoms with Crippen LogP contribution in [0.5, 0.6) is 5.75 Å². The summed E-state index contributed by atoms with van der Waals surface area (Å²) in [6.07, 6.45) is 1.55. The lowest BCUT2D eigenvalue weighted by molar-refractivity contribution is -0.115. The van der Waals surface area contributed by atoms with Crippen LogP contribution in [0, 0.1) is 0 Å². The molecule has 5 rings (SSSR count). The van der Waals surface area contributed by atoms with Crippen LogP contribution >= 0.6 is 24.0 Å². The van der Waals surface area contributed by atoms with Crippen molar-refractivity contribution in [1.82, 2.24) is 5.32 Å². The Morgan fingerprint density at radius 2 is 1.43 bits per heavy atom. The minimum atomic E-state index is -0.309. The first-order valence-electron chi connectivity index (χ1n) is 11.9. The van der Waals surface area contributed by atoms with Crippen molar-refractivity contribution in [3.05, 3.63) is 125 Å². The first-order valence-corrected chi connectivity index (χ1v) is 13.1. The van der Waals surface area contributed by atoms with Crippen LogP contribution in [0.1, 0.15) is 22.8 Å². The lowest BCUT2D eigenvalue weighted by atomic mass is 9.99. The summed E-state index contributed by atoms with van der Waals surface area (Å²) in [7, 11) is 4.05. The molecule has 1 fully saturated rings. The van der Waals surface area contributed by atoms with Gasteiger partial charge in [-0.3, -0.25) is 4.79 Å². The Balaban J connectivity index is 1.58. The molecule has 0 unspecified atom stereocenters. The fourth-order valence-electron chi connectivity index (χ4n) is 4.17. The zero-order valence-electron chi connectivity index (χ0n) is 20.5. The molecular weight excluding hydrogens is 496 g/mol. The van der Waals surface area contributed by atoms with E-state index < -0.39 is 0 Å². The highest BCUT2D eigenvalue weighted by atomic mass is 32.2. The van der Waals surface area contributed by atoms with Gasteiger partial charge in [-0.05, 0) is 52.6 Å². The van der Waals surface area contributed by atoms with Crippen LogP contribution in [0.2, 0.25) is 0 Å². The molecule has 0 aromatic heterocycles. The number of carbonyl (C=O) groups excluding carboxylic acids is 1. The highest BCUT2D eigenvalue weighted by Gasteiger charge is 2.24. The maximum Gasteiger partial charge on any atom is 0.263 e. The summed E-state index contributed by atoms with van der Waals surface area (Å²) in [4.78, 5) is 15.1. The second kappa shape index (κ2) is 11.0. The van der Waals surface area contributed by atoms with Crippen LogP contribution < -0.4 is 15.0 Å². The minimum absolute atomic E-state index is 0.190. The fourth-order valence-corrected chi connectivity index (χ4v) is 5.21. The fraction of sp³-hybridized carbons (Fsp3) is 0.0968. The van der Waals surface area contributed by atoms with Gasteiger partial charge in [0.15, 0.2) is 0 Å². The summed E-state index contributed by atoms with van der Waals surface area (Å²) in [5.41, 5.74) is 6.15. The average Bonchev–Trinajstić information content (AvgIpc) is 3.25. The predicted molar refractivity (Wildman–Crippen MR) is 158 cm³/mol. The maximum atomic E-state index is 12.5. The van der Waals surface area contributed by atoms with Gasteiger partial charge in [0.1, 0.15) is 16.2 Å². The number of ether oxygens (including phenoxy) is 1. The Kier molecular flexibility index (Phi) is 7.40. The summed E-state index contributed by atoms with van der Waals surface area (Å²) < 4.78 is 7.17. The SMILES string of the molecule is CN(C)c1ccc(-c2ccc(OC(c3ccccc3)c3ccccc3)c(/C=C3\SC(=S)NC3=O)c2)cc1. The Labute approximate surface area is 227 Å². The van der Waals surface area contributed by atoms with Gasteiger partial charge in [0.25, 0.3) is 5.91 Å². The number of nitrogens with one attached hydrogen (secondary N) is 1. The Hall–Kier alpha value is -3.87. The Morgan fingerprint density at radius 3 is 1.97 bits per heavy atom. The number of rotatable bonds is 7. The number of carbonyl (C=O) groups is 1. The van der Waals surface area contributed by atoms with Crippen LogP contribution in [0.4, 0.5) is 5.69 Å². The van der Waals surface area contributed by atoms with Gasteiger partial charge < -0.3 is 15.0 Å². The standard InChI is InChI=1S/C31H26N2O2S2/c1-33(2)26-16-13-21(14-17-26)24-15-18-27(25(19-24)20-28-30(34)32-31(36)37-28)35-29(22-9-5-3-6-10-22)23-11-7-4-8-12-23/h3-20,29H,1-2H3,(H,32,34,36)/b28-20-. The number of hydrogen-bond donors (Lipinski definition) is 1. The molecule has 1 heterocycles. The smallest absolute Gasteiger partial charge is 0.263 e. The molecular formula is C31H26N2O2S2. The number of anilines is 1. The molecule has 0 aliphatic carbocycles. The van der Waals surface area contributed by atoms with E-state index >= 15 is 0 Å². The number of thioether (sulfide) groups is 1. The zero-order valence-corrected chi connectivity index (χ0v) is 22.2. The first kappa shape index (κ1) is 24.8. The van der Waals surface area contributed by atoms with Crippen molar-refractivity contribution in [2.45, 2.75) is 6.10 Å². The molecule has 0 radical (unpaired) electrons. The van der Waals surface area contributed by atoms with Crippen LogP contribution in [0.3, 0.4) is 0 Å². The highest BCUT2D eigenvalue weighted by Crippen LogP contribution is 2.36. The summed E-state index contributed by atoms with van der Waals surface area (Å²) in [6, 6.07) is 34.8. The Bertz CT molecular complexity index is 1410. The van der Waals surface area contributed by atoms with Crippen LogP contribution in [-0.4, -0.2) is 24.3 Å². The summed E-state index contributed by atoms with van der Waals surface area (Å²) in [5.74, 6) is 0.495. The molecule has 1 aliphatic heterocycles. The molecule has 37 heavy (non-hydrogen) atoms. The molecule has 0 bridgehead atoms. The lowest BCUT2D eigenvalue weighted by Gasteiger charge is -2.22. The number of hydrogen-bond acceptors (Lipinski definition) is 5. The predicted octanol–water partition coefficient (Wildman–Crippen LogP) is 7.08. The molecule has 0 spiro atoms. The van der Waals surface area contributed by atoms with E-state index in [1.807, 2.05) is 62.6 Å². The molecule has 6 heteroatoms. The molecule has 1 amide bonds. The largest absolute Gasteiger partial charge is 0.480 e. The summed E-state index contributed by atoms with van der Waals surface area (Å²) >= 11 is 6.48. The molecule has 4 aromatic rings. The maximum absolute atomic E-state index is 12.5. The van der Waals surface area contributed by atoms with E-state index in [2.05, 4.69) is 70.9 Å². The van der Waals surface area contributed by atoms with Crippen molar-refractivity contribution in [1.29, 1.82) is 0 Å². The van der Waals surface area contributed by atoms with Crippen LogP contribution in [0.15, 0.2) is 108 Å². The van der Waals surface area contributed by atoms with Crippen molar-refractivity contribution < 1.29 is 9.53 Å². The second-order valence-corrected chi connectivity index (χ2v) is 10.6. The third kappa shape index (κ3) is 5.77. The molecule has 4 nitrogen and oxygen atoms in total. The van der Waals surface area contributed by atoms with Gasteiger partial charge in [-0.1, -0.05) is 103 Å². The molecule has 0 saturated carbocycles. The number of benzene rings is 4. The minimum Gasteiger partial charge on any atom is -0.480 e. The topological polar surface area (TPSA) is 41.6 Å². The third-order valence-electron chi connectivity index (χ3n) is 6.10. The first-order chi connectivity index (χ1) is 18.0. The third-order valence-corrected chi connectivity index (χ3v) is 7.27. The number of thiocarbonyl (C=S) groups is 1. The quantitative estimate of drug-likeness (QED) is 0.208. The van der Waals surface area contributed by atoms with E-state index in [9.17, 15) is 4.79 Å². The molecule has 0 atom stereocenters.